The lowest BCUT2D eigenvalue weighted by atomic mass is 9.84. The minimum absolute atomic E-state index is 0.0218. The van der Waals surface area contributed by atoms with E-state index in [4.69, 9.17) is 67.8 Å². The maximum absolute atomic E-state index is 11.8. The van der Waals surface area contributed by atoms with Crippen molar-refractivity contribution in [2.75, 3.05) is 57.8 Å². The van der Waals surface area contributed by atoms with Crippen LogP contribution < -0.4 is 44.0 Å². The van der Waals surface area contributed by atoms with Crippen molar-refractivity contribution in [3.63, 3.8) is 0 Å². The molecule has 4 aromatic heterocycles. The lowest BCUT2D eigenvalue weighted by molar-refractivity contribution is -0.284. The molecule has 0 bridgehead atoms. The van der Waals surface area contributed by atoms with E-state index in [0.29, 0.717) is 25.1 Å². The quantitative estimate of drug-likeness (QED) is 0.0137. The van der Waals surface area contributed by atoms with E-state index in [2.05, 4.69) is 71.0 Å². The van der Waals surface area contributed by atoms with Gasteiger partial charge in [-0.05, 0) is 114 Å². The van der Waals surface area contributed by atoms with Crippen LogP contribution in [-0.2, 0) is 62.8 Å². The number of aromatic amines is 1. The molecule has 504 valence electrons. The van der Waals surface area contributed by atoms with Gasteiger partial charge in [-0.1, -0.05) is 28.5 Å². The van der Waals surface area contributed by atoms with E-state index in [1.54, 1.807) is 13.1 Å². The van der Waals surface area contributed by atoms with Gasteiger partial charge >= 0.3 is 0 Å². The van der Waals surface area contributed by atoms with Crippen molar-refractivity contribution in [3.8, 4) is 17.1 Å². The summed E-state index contributed by atoms with van der Waals surface area (Å²) < 4.78 is 41.8. The number of nitrogens with one attached hydrogen (secondary N) is 1. The predicted molar refractivity (Wildman–Crippen MR) is 331 cm³/mol. The number of imidazole rings is 1. The molecule has 2 aromatic carbocycles. The second-order valence-electron chi connectivity index (χ2n) is 24.3. The first-order chi connectivity index (χ1) is 43.9. The summed E-state index contributed by atoms with van der Waals surface area (Å²) in [5.74, 6) is 1.55. The van der Waals surface area contributed by atoms with Crippen LogP contribution in [0.25, 0.3) is 22.4 Å². The second kappa shape index (κ2) is 33.3. The minimum Gasteiger partial charge on any atom is -0.487 e. The zero-order valence-corrected chi connectivity index (χ0v) is 51.8. The summed E-state index contributed by atoms with van der Waals surface area (Å²) in [6.45, 7) is 6.58. The van der Waals surface area contributed by atoms with Crippen LogP contribution >= 0.6 is 0 Å². The number of H-pyrrole nitrogens is 1. The summed E-state index contributed by atoms with van der Waals surface area (Å²) >= 11 is 0. The van der Waals surface area contributed by atoms with Crippen LogP contribution in [0.2, 0.25) is 0 Å². The van der Waals surface area contributed by atoms with Gasteiger partial charge in [-0.15, -0.1) is 15.3 Å². The summed E-state index contributed by atoms with van der Waals surface area (Å²) in [7, 11) is 2.16. The molecule has 17 atom stereocenters. The Kier molecular flexibility index (Phi) is 25.5. The van der Waals surface area contributed by atoms with Crippen LogP contribution in [0.5, 0.6) is 5.75 Å². The molecule has 0 radical (unpaired) electrons. The van der Waals surface area contributed by atoms with Crippen LogP contribution in [0.3, 0.4) is 0 Å². The Morgan fingerprint density at radius 2 is 1.38 bits per heavy atom. The number of anilines is 1. The molecule has 2 aliphatic heterocycles. The molecule has 20 N–H and O–H groups in total. The minimum atomic E-state index is -1.95. The fourth-order valence-electron chi connectivity index (χ4n) is 11.5. The van der Waals surface area contributed by atoms with Crippen molar-refractivity contribution in [1.82, 2.24) is 59.8 Å². The highest BCUT2D eigenvalue weighted by molar-refractivity contribution is 5.83. The smallest absolute Gasteiger partial charge is 0.187 e. The second-order valence-corrected chi connectivity index (χ2v) is 24.3. The van der Waals surface area contributed by atoms with Gasteiger partial charge in [-0.2, -0.15) is 0 Å². The first-order valence-electron chi connectivity index (χ1n) is 31.6. The molecule has 32 heteroatoms. The van der Waals surface area contributed by atoms with Crippen LogP contribution in [0, 0.1) is 0 Å². The molecule has 3 fully saturated rings. The Balaban J connectivity index is 0.697. The fraction of sp³-hybridized carbons (Fsp3) is 0.678. The predicted octanol–water partition coefficient (Wildman–Crippen LogP) is -3.09. The van der Waals surface area contributed by atoms with Crippen LogP contribution in [0.1, 0.15) is 75.4 Å². The topological polar surface area (TPSA) is 480 Å². The Morgan fingerprint density at radius 3 is 2.03 bits per heavy atom. The third kappa shape index (κ3) is 18.7. The molecule has 6 heterocycles. The number of aryl methyl sites for hydroxylation is 4. The Bertz CT molecular complexity index is 3090. The molecule has 2 saturated heterocycles. The fourth-order valence-corrected chi connectivity index (χ4v) is 11.5. The Hall–Kier alpha value is -5.83. The number of likely N-dealkylation sites (N-methyl/N-ethyl adjacent to an activating group) is 1. The highest BCUT2D eigenvalue weighted by Gasteiger charge is 2.52. The molecule has 32 nitrogen and oxygen atoms in total. The van der Waals surface area contributed by atoms with E-state index in [-0.39, 0.29) is 32.5 Å². The molecular formula is C59H95N19O13. The number of hydrogen-bond donors (Lipinski definition) is 14. The van der Waals surface area contributed by atoms with E-state index >= 15 is 0 Å². The number of piperazine rings is 1. The standard InChI is InChI=1S/C59H95N19O13/c1-34(62)58(87-47(27-61)46(81)32-79)90-53-42(64)26-41(63)50(82)55(53)91-59-52(84)54(89-57(85)49(65)51(83)45(80)17-18-60)48(88-59)31-78-29-37(69-73-78)10-6-5-9-36-28-76(71-68-36)19-7-3-4-8-20-77-30-38(70-72-77)33-86-40-14-11-35(12-15-40)56-66-43-16-13-39(25-44(43)67-56)75-23-21-74(2)22-24-75/h11-16,25,28-30,34,41-42,45-55,57-59,79-85H,3-10,17-24,26-27,31-33,60-65H2,1-2H3,(H,66,67)/t34-,41+,42?,45+,46-,47?,48?,49?,50+,51?,52-,53+,54-,55?,57+,58+,59?/m0/s1. The molecule has 1 saturated carbocycles. The summed E-state index contributed by atoms with van der Waals surface area (Å²) in [5.41, 5.74) is 43.0. The molecule has 0 amide bonds. The van der Waals surface area contributed by atoms with E-state index in [1.165, 1.54) is 10.4 Å². The summed E-state index contributed by atoms with van der Waals surface area (Å²) in [6, 6.07) is 10.1. The first kappa shape index (κ1) is 69.5. The number of benzene rings is 2. The van der Waals surface area contributed by atoms with E-state index in [9.17, 15) is 35.7 Å². The normalized spacial score (nSPS) is 25.2. The average Bonchev–Trinajstić information content (AvgIpc) is 1.89. The SMILES string of the molecule is C[C@H](N)[C@H](OC(CN)[C@@H](O)CO)O[C@@H]1C(N)C[C@@H](N)[C@@H](O)C1OC1OC(Cn2cc(CCCCc3cn(CCCCCCn4cc(COc5ccc(-c6nc7ccc(N8CCN(C)CC8)cc7[nH]6)cc5)nn4)nn3)nn2)[C@H](O[C@@H](O)C(N)C(O)[C@H](O)CCN)[C@@H]1O. The molecule has 6 aromatic rings. The summed E-state index contributed by atoms with van der Waals surface area (Å²) in [4.78, 5) is 13.1. The number of nitrogens with two attached hydrogens (primary N) is 6. The van der Waals surface area contributed by atoms with Crippen molar-refractivity contribution in [2.45, 2.75) is 201 Å². The van der Waals surface area contributed by atoms with Crippen molar-refractivity contribution in [2.24, 2.45) is 34.4 Å². The lowest BCUT2D eigenvalue weighted by Crippen LogP contribution is -2.65. The number of aliphatic hydroxyl groups is 7. The first-order valence-corrected chi connectivity index (χ1v) is 31.6. The van der Waals surface area contributed by atoms with Gasteiger partial charge in [0.15, 0.2) is 18.9 Å². The molecule has 7 unspecified atom stereocenters. The monoisotopic (exact) mass is 1280 g/mol. The van der Waals surface area contributed by atoms with Crippen LogP contribution in [0.15, 0.2) is 61.1 Å². The average molecular weight is 1280 g/mol. The van der Waals surface area contributed by atoms with Crippen LogP contribution in [-0.4, -0.2) is 253 Å². The number of fused-ring (bicyclic) bond motifs is 1. The van der Waals surface area contributed by atoms with Crippen molar-refractivity contribution in [1.29, 1.82) is 0 Å². The number of aliphatic hydroxyl groups excluding tert-OH is 7. The van der Waals surface area contributed by atoms with Crippen molar-refractivity contribution >= 4 is 16.7 Å². The van der Waals surface area contributed by atoms with Crippen molar-refractivity contribution < 1.29 is 64.2 Å². The highest BCUT2D eigenvalue weighted by Crippen LogP contribution is 2.34. The van der Waals surface area contributed by atoms with Crippen molar-refractivity contribution in [3.05, 3.63) is 78.1 Å². The number of aromatic nitrogens is 11. The molecule has 91 heavy (non-hydrogen) atoms. The number of unbranched alkanes of at least 4 members (excludes halogenated alkanes) is 4. The number of nitrogens with zero attached hydrogens (tertiary/aromatic N) is 12. The third-order valence-electron chi connectivity index (χ3n) is 17.0. The van der Waals surface area contributed by atoms with E-state index < -0.39 is 111 Å². The molecule has 3 aliphatic rings. The van der Waals surface area contributed by atoms with Gasteiger partial charge in [-0.3, -0.25) is 9.36 Å². The van der Waals surface area contributed by atoms with Crippen LogP contribution in [0.4, 0.5) is 5.69 Å². The zero-order valence-electron chi connectivity index (χ0n) is 51.8. The van der Waals surface area contributed by atoms with Gasteiger partial charge in [0.2, 0.25) is 0 Å². The largest absolute Gasteiger partial charge is 0.487 e. The molecular weight excluding hydrogens is 1180 g/mol. The maximum atomic E-state index is 11.8. The summed E-state index contributed by atoms with van der Waals surface area (Å²) in [5, 5.41) is 101. The van der Waals surface area contributed by atoms with Gasteiger partial charge in [0.05, 0.1) is 72.2 Å². The van der Waals surface area contributed by atoms with Gasteiger partial charge in [-0.25, -0.2) is 9.67 Å². The molecule has 1 aliphatic carbocycles. The van der Waals surface area contributed by atoms with E-state index in [0.717, 1.165) is 117 Å². The maximum Gasteiger partial charge on any atom is 0.187 e. The highest BCUT2D eigenvalue weighted by atomic mass is 16.7. The number of rotatable bonds is 36. The van der Waals surface area contributed by atoms with Gasteiger partial charge in [0, 0.05) is 81.5 Å². The third-order valence-corrected chi connectivity index (χ3v) is 17.0. The molecule has 0 spiro atoms. The Labute approximate surface area is 528 Å². The van der Waals surface area contributed by atoms with E-state index in [1.807, 2.05) is 46.0 Å². The van der Waals surface area contributed by atoms with Gasteiger partial charge in [0.25, 0.3) is 0 Å². The Morgan fingerprint density at radius 1 is 0.736 bits per heavy atom. The number of ether oxygens (including phenoxy) is 6. The zero-order chi connectivity index (χ0) is 64.7. The lowest BCUT2D eigenvalue weighted by Gasteiger charge is -2.44. The van der Waals surface area contributed by atoms with Gasteiger partial charge in [0.1, 0.15) is 66.6 Å². The van der Waals surface area contributed by atoms with Gasteiger partial charge < -0.3 is 113 Å². The summed E-state index contributed by atoms with van der Waals surface area (Å²) in [6.07, 6.45) is -6.17. The number of hydrogen-bond acceptors (Lipinski definition) is 28. The molecule has 9 rings (SSSR count).